The number of methoxy groups -OCH3 is 1. The van der Waals surface area contributed by atoms with Gasteiger partial charge in [-0.05, 0) is 31.2 Å². The van der Waals surface area contributed by atoms with E-state index in [0.717, 1.165) is 29.4 Å². The van der Waals surface area contributed by atoms with Crippen molar-refractivity contribution in [1.29, 1.82) is 0 Å². The monoisotopic (exact) mass is 509 g/mol. The zero-order valence-corrected chi connectivity index (χ0v) is 21.0. The van der Waals surface area contributed by atoms with Crippen LogP contribution in [0.3, 0.4) is 0 Å². The molecule has 0 atom stereocenters. The summed E-state index contributed by atoms with van der Waals surface area (Å²) in [6.45, 7) is 6.48. The molecule has 188 valence electrons. The first-order valence-electron chi connectivity index (χ1n) is 12.0. The van der Waals surface area contributed by atoms with Crippen LogP contribution >= 0.6 is 11.6 Å². The van der Waals surface area contributed by atoms with Crippen LogP contribution < -0.4 is 15.6 Å². The molecule has 1 amide bonds. The van der Waals surface area contributed by atoms with Gasteiger partial charge in [0.25, 0.3) is 11.5 Å². The highest BCUT2D eigenvalue weighted by Crippen LogP contribution is 2.35. The van der Waals surface area contributed by atoms with Gasteiger partial charge in [-0.25, -0.2) is 4.98 Å². The van der Waals surface area contributed by atoms with Crippen LogP contribution in [-0.4, -0.2) is 71.8 Å². The van der Waals surface area contributed by atoms with Crippen LogP contribution in [0.2, 0.25) is 5.02 Å². The molecule has 1 aliphatic rings. The lowest BCUT2D eigenvalue weighted by molar-refractivity contribution is 0.0364. The van der Waals surface area contributed by atoms with Gasteiger partial charge in [-0.1, -0.05) is 11.6 Å². The van der Waals surface area contributed by atoms with Crippen LogP contribution in [0.1, 0.15) is 17.3 Å². The van der Waals surface area contributed by atoms with E-state index in [2.05, 4.69) is 20.2 Å². The zero-order chi connectivity index (χ0) is 25.2. The van der Waals surface area contributed by atoms with Crippen LogP contribution in [0.4, 0.5) is 0 Å². The van der Waals surface area contributed by atoms with E-state index < -0.39 is 0 Å². The third-order valence-corrected chi connectivity index (χ3v) is 6.94. The summed E-state index contributed by atoms with van der Waals surface area (Å²) in [4.78, 5) is 36.7. The number of aromatic amines is 1. The summed E-state index contributed by atoms with van der Waals surface area (Å²) in [6, 6.07) is 7.01. The van der Waals surface area contributed by atoms with Crippen molar-refractivity contribution in [2.45, 2.75) is 13.5 Å². The molecular formula is C26H28ClN5O4. The minimum Gasteiger partial charge on any atom is -0.497 e. The van der Waals surface area contributed by atoms with Gasteiger partial charge in [0.15, 0.2) is 0 Å². The molecule has 4 heterocycles. The smallest absolute Gasteiger partial charge is 0.259 e. The van der Waals surface area contributed by atoms with Gasteiger partial charge in [0.1, 0.15) is 11.4 Å². The molecule has 0 unspecified atom stereocenters. The molecule has 2 N–H and O–H groups in total. The Morgan fingerprint density at radius 3 is 2.78 bits per heavy atom. The molecule has 0 bridgehead atoms. The first-order chi connectivity index (χ1) is 17.5. The van der Waals surface area contributed by atoms with E-state index >= 15 is 0 Å². The molecule has 3 aromatic heterocycles. The van der Waals surface area contributed by atoms with Gasteiger partial charge in [-0.3, -0.25) is 14.5 Å². The third kappa shape index (κ3) is 4.45. The lowest BCUT2D eigenvalue weighted by Gasteiger charge is -2.27. The van der Waals surface area contributed by atoms with Gasteiger partial charge < -0.3 is 24.3 Å². The fourth-order valence-corrected chi connectivity index (χ4v) is 4.98. The Hall–Kier alpha value is -3.40. The summed E-state index contributed by atoms with van der Waals surface area (Å²) in [6.07, 6.45) is 3.57. The number of H-pyrrole nitrogens is 1. The molecule has 5 rings (SSSR count). The van der Waals surface area contributed by atoms with E-state index in [0.29, 0.717) is 55.4 Å². The molecule has 1 fully saturated rings. The maximum Gasteiger partial charge on any atom is 0.259 e. The second kappa shape index (κ2) is 10.3. The Morgan fingerprint density at radius 1 is 1.22 bits per heavy atom. The fourth-order valence-electron chi connectivity index (χ4n) is 4.69. The molecule has 0 saturated carbocycles. The number of carbonyl (C=O) groups is 1. The SMILES string of the molecule is CCNC(=O)c1cc(OC)cc(-c2cc3cnc4[nH]ccc4c3n(CCN3CCOCC3)c2=O)c1Cl. The highest BCUT2D eigenvalue weighted by atomic mass is 35.5. The van der Waals surface area contributed by atoms with E-state index in [1.54, 1.807) is 29.0 Å². The number of carbonyl (C=O) groups excluding carboxylic acids is 1. The van der Waals surface area contributed by atoms with Crippen molar-refractivity contribution in [2.75, 3.05) is 46.5 Å². The van der Waals surface area contributed by atoms with Crippen molar-refractivity contribution in [2.24, 2.45) is 0 Å². The highest BCUT2D eigenvalue weighted by Gasteiger charge is 2.22. The Kier molecular flexibility index (Phi) is 6.95. The Balaban J connectivity index is 1.71. The van der Waals surface area contributed by atoms with Gasteiger partial charge in [0.05, 0.1) is 36.4 Å². The normalized spacial score (nSPS) is 14.4. The van der Waals surface area contributed by atoms with Crippen LogP contribution in [0.5, 0.6) is 5.75 Å². The Bertz CT molecular complexity index is 1490. The van der Waals surface area contributed by atoms with Crippen molar-refractivity contribution in [3.63, 3.8) is 0 Å². The molecular weight excluding hydrogens is 482 g/mol. The summed E-state index contributed by atoms with van der Waals surface area (Å²) in [5.74, 6) is 0.112. The zero-order valence-electron chi connectivity index (χ0n) is 20.3. The average molecular weight is 510 g/mol. The number of ether oxygens (including phenoxy) is 2. The maximum absolute atomic E-state index is 14.1. The molecule has 0 aliphatic carbocycles. The molecule has 1 saturated heterocycles. The number of halogens is 1. The van der Waals surface area contributed by atoms with E-state index in [-0.39, 0.29) is 22.1 Å². The average Bonchev–Trinajstić information content (AvgIpc) is 3.38. The molecule has 9 nitrogen and oxygen atoms in total. The molecule has 10 heteroatoms. The van der Waals surface area contributed by atoms with Crippen molar-refractivity contribution >= 4 is 39.4 Å². The van der Waals surface area contributed by atoms with E-state index in [1.807, 2.05) is 19.2 Å². The summed E-state index contributed by atoms with van der Waals surface area (Å²) in [5.41, 5.74) is 2.42. The highest BCUT2D eigenvalue weighted by molar-refractivity contribution is 6.36. The minimum atomic E-state index is -0.327. The van der Waals surface area contributed by atoms with Crippen molar-refractivity contribution < 1.29 is 14.3 Å². The summed E-state index contributed by atoms with van der Waals surface area (Å²) < 4.78 is 12.7. The fraction of sp³-hybridized carbons (Fsp3) is 0.346. The second-order valence-corrected chi connectivity index (χ2v) is 9.04. The molecule has 0 radical (unpaired) electrons. The predicted octanol–water partition coefficient (Wildman–Crippen LogP) is 3.29. The third-order valence-electron chi connectivity index (χ3n) is 6.53. The lowest BCUT2D eigenvalue weighted by atomic mass is 10.0. The summed E-state index contributed by atoms with van der Waals surface area (Å²) >= 11 is 6.75. The standard InChI is InChI=1S/C26H28ClN5O4/c1-3-28-25(33)21-14-17(35-2)13-19(22(21)27)20-12-16-15-30-24-18(4-5-29-24)23(16)32(26(20)34)7-6-31-8-10-36-11-9-31/h4-5,12-15H,3,6-11H2,1-2H3,(H,28,33)(H,29,30). The molecule has 0 spiro atoms. The quantitative estimate of drug-likeness (QED) is 0.396. The van der Waals surface area contributed by atoms with E-state index in [4.69, 9.17) is 21.1 Å². The van der Waals surface area contributed by atoms with Crippen molar-refractivity contribution in [3.8, 4) is 16.9 Å². The lowest BCUT2D eigenvalue weighted by Crippen LogP contribution is -2.39. The Labute approximate surface area is 213 Å². The predicted molar refractivity (Wildman–Crippen MR) is 140 cm³/mol. The topological polar surface area (TPSA) is 101 Å². The minimum absolute atomic E-state index is 0.193. The number of aromatic nitrogens is 3. The van der Waals surface area contributed by atoms with Crippen LogP contribution in [0, 0.1) is 0 Å². The number of pyridine rings is 2. The maximum atomic E-state index is 14.1. The number of rotatable bonds is 7. The molecule has 1 aliphatic heterocycles. The number of nitrogens with zero attached hydrogens (tertiary/aromatic N) is 3. The second-order valence-electron chi connectivity index (χ2n) is 8.67. The Morgan fingerprint density at radius 2 is 2.03 bits per heavy atom. The van der Waals surface area contributed by atoms with Crippen LogP contribution in [0.15, 0.2) is 41.5 Å². The van der Waals surface area contributed by atoms with Crippen molar-refractivity contribution in [3.05, 3.63) is 57.6 Å². The largest absolute Gasteiger partial charge is 0.497 e. The van der Waals surface area contributed by atoms with Crippen molar-refractivity contribution in [1.82, 2.24) is 24.8 Å². The number of fused-ring (bicyclic) bond motifs is 3. The van der Waals surface area contributed by atoms with Gasteiger partial charge in [0, 0.05) is 67.0 Å². The number of hydrogen-bond donors (Lipinski definition) is 2. The molecule has 1 aromatic carbocycles. The number of nitrogens with one attached hydrogen (secondary N) is 2. The number of hydrogen-bond acceptors (Lipinski definition) is 6. The van der Waals surface area contributed by atoms with Gasteiger partial charge in [-0.2, -0.15) is 0 Å². The first kappa shape index (κ1) is 24.3. The van der Waals surface area contributed by atoms with Crippen LogP contribution in [0.25, 0.3) is 33.1 Å². The van der Waals surface area contributed by atoms with Gasteiger partial charge >= 0.3 is 0 Å². The van der Waals surface area contributed by atoms with Gasteiger partial charge in [-0.15, -0.1) is 0 Å². The molecule has 4 aromatic rings. The number of amides is 1. The first-order valence-corrected chi connectivity index (χ1v) is 12.4. The van der Waals surface area contributed by atoms with E-state index in [9.17, 15) is 9.59 Å². The number of benzene rings is 1. The molecule has 36 heavy (non-hydrogen) atoms. The van der Waals surface area contributed by atoms with Gasteiger partial charge in [0.2, 0.25) is 0 Å². The van der Waals surface area contributed by atoms with E-state index in [1.165, 1.54) is 7.11 Å². The number of morpholine rings is 1. The summed E-state index contributed by atoms with van der Waals surface area (Å²) in [7, 11) is 1.52. The van der Waals surface area contributed by atoms with Crippen LogP contribution in [-0.2, 0) is 11.3 Å². The summed E-state index contributed by atoms with van der Waals surface area (Å²) in [5, 5.41) is 4.65.